The highest BCUT2D eigenvalue weighted by Crippen LogP contribution is 2.38. The van der Waals surface area contributed by atoms with Crippen LogP contribution in [0.3, 0.4) is 0 Å². The van der Waals surface area contributed by atoms with Crippen LogP contribution in [0.1, 0.15) is 45.1 Å². The topological polar surface area (TPSA) is 96.0 Å². The summed E-state index contributed by atoms with van der Waals surface area (Å²) in [6.45, 7) is 3.77. The zero-order valence-corrected chi connectivity index (χ0v) is 17.6. The number of amides is 4. The van der Waals surface area contributed by atoms with E-state index < -0.39 is 30.7 Å². The number of nitrogens with one attached hydrogen (secondary N) is 1. The van der Waals surface area contributed by atoms with Gasteiger partial charge in [-0.2, -0.15) is 0 Å². The molecule has 2 aliphatic rings. The van der Waals surface area contributed by atoms with E-state index in [1.807, 2.05) is 44.2 Å². The zero-order valence-electron chi connectivity index (χ0n) is 17.6. The van der Waals surface area contributed by atoms with Crippen LogP contribution in [0.2, 0.25) is 0 Å². The summed E-state index contributed by atoms with van der Waals surface area (Å²) in [5.41, 5.74) is 0.0606. The Morgan fingerprint density at radius 1 is 1.23 bits per heavy atom. The van der Waals surface area contributed by atoms with Crippen LogP contribution in [0.15, 0.2) is 30.3 Å². The van der Waals surface area contributed by atoms with Crippen LogP contribution in [0.25, 0.3) is 0 Å². The molecule has 1 heterocycles. The number of urea groups is 1. The van der Waals surface area contributed by atoms with Crippen molar-refractivity contribution in [3.8, 4) is 0 Å². The summed E-state index contributed by atoms with van der Waals surface area (Å²) in [7, 11) is 0. The van der Waals surface area contributed by atoms with Crippen LogP contribution in [-0.2, 0) is 25.7 Å². The van der Waals surface area contributed by atoms with Crippen molar-refractivity contribution in [2.75, 3.05) is 19.7 Å². The predicted octanol–water partition coefficient (Wildman–Crippen LogP) is 2.08. The number of carbonyl (C=O) groups is 4. The van der Waals surface area contributed by atoms with E-state index in [1.165, 1.54) is 0 Å². The second-order valence-corrected chi connectivity index (χ2v) is 7.99. The molecular formula is C22H29N3O5. The van der Waals surface area contributed by atoms with Crippen molar-refractivity contribution in [1.29, 1.82) is 0 Å². The van der Waals surface area contributed by atoms with E-state index in [4.69, 9.17) is 4.74 Å². The SMILES string of the molecule is CCN(Cc1ccccc1)C(=O)COC(=O)CN1C(=O)N[C@]2(CCCC[C@H]2C)C1=O. The fourth-order valence-electron chi connectivity index (χ4n) is 4.23. The number of imide groups is 1. The Labute approximate surface area is 176 Å². The molecule has 0 radical (unpaired) electrons. The number of ether oxygens (including phenoxy) is 1. The van der Waals surface area contributed by atoms with Gasteiger partial charge in [-0.15, -0.1) is 0 Å². The lowest BCUT2D eigenvalue weighted by atomic mass is 9.73. The number of hydrogen-bond donors (Lipinski definition) is 1. The van der Waals surface area contributed by atoms with Crippen LogP contribution < -0.4 is 5.32 Å². The monoisotopic (exact) mass is 415 g/mol. The molecule has 1 N–H and O–H groups in total. The van der Waals surface area contributed by atoms with Gasteiger partial charge in [-0.25, -0.2) is 4.79 Å². The molecule has 4 amide bonds. The lowest BCUT2D eigenvalue weighted by Gasteiger charge is -2.36. The minimum Gasteiger partial charge on any atom is -0.454 e. The summed E-state index contributed by atoms with van der Waals surface area (Å²) in [4.78, 5) is 52.4. The molecule has 0 unspecified atom stereocenters. The summed E-state index contributed by atoms with van der Waals surface area (Å²) < 4.78 is 5.08. The van der Waals surface area contributed by atoms with Gasteiger partial charge in [-0.05, 0) is 31.2 Å². The maximum absolute atomic E-state index is 12.9. The summed E-state index contributed by atoms with van der Waals surface area (Å²) in [6.07, 6.45) is 3.31. The first-order valence-electron chi connectivity index (χ1n) is 10.5. The van der Waals surface area contributed by atoms with Gasteiger partial charge in [-0.1, -0.05) is 50.1 Å². The van der Waals surface area contributed by atoms with Gasteiger partial charge >= 0.3 is 12.0 Å². The fourth-order valence-corrected chi connectivity index (χ4v) is 4.23. The van der Waals surface area contributed by atoms with E-state index in [0.29, 0.717) is 19.5 Å². The molecule has 0 bridgehead atoms. The fraction of sp³-hybridized carbons (Fsp3) is 0.545. The summed E-state index contributed by atoms with van der Waals surface area (Å²) in [6, 6.07) is 8.95. The molecule has 162 valence electrons. The Morgan fingerprint density at radius 3 is 2.63 bits per heavy atom. The third kappa shape index (κ3) is 4.47. The van der Waals surface area contributed by atoms with Gasteiger partial charge < -0.3 is 15.0 Å². The average molecular weight is 415 g/mol. The molecule has 3 rings (SSSR count). The van der Waals surface area contributed by atoms with Crippen molar-refractivity contribution in [3.05, 3.63) is 35.9 Å². The Bertz CT molecular complexity index is 812. The maximum Gasteiger partial charge on any atom is 0.326 e. The second kappa shape index (κ2) is 9.28. The Balaban J connectivity index is 1.53. The smallest absolute Gasteiger partial charge is 0.326 e. The number of benzene rings is 1. The molecule has 8 heteroatoms. The molecule has 1 spiro atoms. The summed E-state index contributed by atoms with van der Waals surface area (Å²) in [5, 5.41) is 2.80. The molecule has 8 nitrogen and oxygen atoms in total. The van der Waals surface area contributed by atoms with E-state index >= 15 is 0 Å². The Morgan fingerprint density at radius 2 is 1.97 bits per heavy atom. The lowest BCUT2D eigenvalue weighted by molar-refractivity contribution is -0.154. The number of carbonyl (C=O) groups excluding carboxylic acids is 4. The Kier molecular flexibility index (Phi) is 6.74. The van der Waals surface area contributed by atoms with Gasteiger partial charge in [0.1, 0.15) is 12.1 Å². The van der Waals surface area contributed by atoms with E-state index in [9.17, 15) is 19.2 Å². The quantitative estimate of drug-likeness (QED) is 0.543. The lowest BCUT2D eigenvalue weighted by Crippen LogP contribution is -2.54. The maximum atomic E-state index is 12.9. The minimum absolute atomic E-state index is 0.0152. The van der Waals surface area contributed by atoms with Crippen LogP contribution in [0, 0.1) is 5.92 Å². The molecule has 0 aromatic heterocycles. The zero-order chi connectivity index (χ0) is 21.7. The highest BCUT2D eigenvalue weighted by Gasteiger charge is 2.55. The van der Waals surface area contributed by atoms with Crippen molar-refractivity contribution in [1.82, 2.24) is 15.1 Å². The molecular weight excluding hydrogens is 386 g/mol. The molecule has 2 fully saturated rings. The molecule has 1 aliphatic carbocycles. The molecule has 1 aromatic rings. The van der Waals surface area contributed by atoms with E-state index in [-0.39, 0.29) is 17.7 Å². The third-order valence-electron chi connectivity index (χ3n) is 6.10. The largest absolute Gasteiger partial charge is 0.454 e. The Hall–Kier alpha value is -2.90. The first-order valence-corrected chi connectivity index (χ1v) is 10.5. The van der Waals surface area contributed by atoms with Gasteiger partial charge in [-0.3, -0.25) is 19.3 Å². The highest BCUT2D eigenvalue weighted by molar-refractivity contribution is 6.09. The number of hydrogen-bond acceptors (Lipinski definition) is 5. The van der Waals surface area contributed by atoms with Gasteiger partial charge in [0.25, 0.3) is 11.8 Å². The third-order valence-corrected chi connectivity index (χ3v) is 6.10. The highest BCUT2D eigenvalue weighted by atomic mass is 16.5. The molecule has 1 aromatic carbocycles. The first kappa shape index (κ1) is 21.8. The van der Waals surface area contributed by atoms with Crippen molar-refractivity contribution in [2.45, 2.75) is 51.6 Å². The number of rotatable bonds is 7. The van der Waals surface area contributed by atoms with Crippen molar-refractivity contribution in [3.63, 3.8) is 0 Å². The average Bonchev–Trinajstić information content (AvgIpc) is 2.98. The molecule has 2 atom stereocenters. The molecule has 1 aliphatic heterocycles. The van der Waals surface area contributed by atoms with Gasteiger partial charge in [0.15, 0.2) is 6.61 Å². The van der Waals surface area contributed by atoms with Gasteiger partial charge in [0, 0.05) is 13.1 Å². The van der Waals surface area contributed by atoms with Crippen LogP contribution in [0.5, 0.6) is 0 Å². The van der Waals surface area contributed by atoms with E-state index in [1.54, 1.807) is 4.90 Å². The number of nitrogens with zero attached hydrogens (tertiary/aromatic N) is 2. The predicted molar refractivity (Wildman–Crippen MR) is 109 cm³/mol. The second-order valence-electron chi connectivity index (χ2n) is 7.99. The number of likely N-dealkylation sites (N-methyl/N-ethyl adjacent to an activating group) is 1. The molecule has 1 saturated carbocycles. The molecule has 30 heavy (non-hydrogen) atoms. The van der Waals surface area contributed by atoms with Crippen molar-refractivity contribution >= 4 is 23.8 Å². The van der Waals surface area contributed by atoms with Crippen LogP contribution in [-0.4, -0.2) is 58.8 Å². The normalized spacial score (nSPS) is 23.4. The van der Waals surface area contributed by atoms with Gasteiger partial charge in [0.2, 0.25) is 0 Å². The standard InChI is InChI=1S/C22H29N3O5/c1-3-24(13-17-10-5-4-6-11-17)18(26)15-30-19(27)14-25-20(28)22(23-21(25)29)12-8-7-9-16(22)2/h4-6,10-11,16H,3,7-9,12-15H2,1-2H3,(H,23,29)/t16-,22+/m1/s1. The van der Waals surface area contributed by atoms with E-state index in [2.05, 4.69) is 5.32 Å². The van der Waals surface area contributed by atoms with Gasteiger partial charge in [0.05, 0.1) is 0 Å². The molecule has 1 saturated heterocycles. The van der Waals surface area contributed by atoms with Crippen LogP contribution in [0.4, 0.5) is 4.79 Å². The van der Waals surface area contributed by atoms with E-state index in [0.717, 1.165) is 29.7 Å². The van der Waals surface area contributed by atoms with Crippen molar-refractivity contribution in [2.24, 2.45) is 5.92 Å². The van der Waals surface area contributed by atoms with Crippen molar-refractivity contribution < 1.29 is 23.9 Å². The summed E-state index contributed by atoms with van der Waals surface area (Å²) >= 11 is 0. The first-order chi connectivity index (χ1) is 14.4. The summed E-state index contributed by atoms with van der Waals surface area (Å²) in [5.74, 6) is -1.46. The number of esters is 1. The minimum atomic E-state index is -0.917. The van der Waals surface area contributed by atoms with Crippen LogP contribution >= 0.6 is 0 Å².